The normalized spacial score (nSPS) is 18.4. The average molecular weight is 237 g/mol. The summed E-state index contributed by atoms with van der Waals surface area (Å²) in [7, 11) is 0. The van der Waals surface area contributed by atoms with Crippen molar-refractivity contribution in [1.82, 2.24) is 4.90 Å². The highest BCUT2D eigenvalue weighted by atomic mass is 16.4. The molecule has 0 heterocycles. The van der Waals surface area contributed by atoms with Gasteiger partial charge in [-0.3, -0.25) is 9.69 Å². The predicted octanol–water partition coefficient (Wildman–Crippen LogP) is 2.51. The van der Waals surface area contributed by atoms with Crippen LogP contribution >= 0.6 is 0 Å². The minimum atomic E-state index is -0.738. The molecule has 0 aliphatic heterocycles. The van der Waals surface area contributed by atoms with Crippen molar-refractivity contribution >= 4 is 5.97 Å². The molecule has 0 spiro atoms. The van der Waals surface area contributed by atoms with Crippen LogP contribution in [0.5, 0.6) is 0 Å². The third kappa shape index (κ3) is 5.74. The summed E-state index contributed by atoms with van der Waals surface area (Å²) in [5.41, 5.74) is 0. The van der Waals surface area contributed by atoms with E-state index in [0.29, 0.717) is 19.1 Å². The van der Waals surface area contributed by atoms with Crippen LogP contribution in [0, 0.1) is 12.3 Å². The third-order valence-corrected chi connectivity index (χ3v) is 3.50. The van der Waals surface area contributed by atoms with Gasteiger partial charge in [-0.1, -0.05) is 38.0 Å². The molecule has 1 rings (SSSR count). The van der Waals surface area contributed by atoms with Crippen molar-refractivity contribution in [3.05, 3.63) is 0 Å². The van der Waals surface area contributed by atoms with Crippen molar-refractivity contribution in [2.24, 2.45) is 0 Å². The van der Waals surface area contributed by atoms with E-state index < -0.39 is 5.97 Å². The van der Waals surface area contributed by atoms with Crippen LogP contribution < -0.4 is 0 Å². The van der Waals surface area contributed by atoms with Crippen molar-refractivity contribution in [2.75, 3.05) is 13.1 Å². The van der Waals surface area contributed by atoms with Crippen LogP contribution in [0.2, 0.25) is 0 Å². The summed E-state index contributed by atoms with van der Waals surface area (Å²) in [5, 5.41) is 8.75. The number of aliphatic carboxylic acids is 1. The Labute approximate surface area is 104 Å². The van der Waals surface area contributed by atoms with E-state index >= 15 is 0 Å². The van der Waals surface area contributed by atoms with Crippen molar-refractivity contribution in [3.63, 3.8) is 0 Å². The summed E-state index contributed by atoms with van der Waals surface area (Å²) in [4.78, 5) is 12.8. The number of rotatable bonds is 5. The molecule has 0 radical (unpaired) electrons. The SMILES string of the molecule is C#CCN(CCC(=O)O)C1CCCCCCC1. The highest BCUT2D eigenvalue weighted by molar-refractivity contribution is 5.66. The standard InChI is InChI=1S/C14H23NO2/c1-2-11-15(12-10-14(16)17)13-8-6-4-3-5-7-9-13/h1,13H,3-12H2,(H,16,17). The molecule has 1 aliphatic rings. The van der Waals surface area contributed by atoms with Gasteiger partial charge in [0, 0.05) is 12.6 Å². The lowest BCUT2D eigenvalue weighted by Crippen LogP contribution is -2.37. The largest absolute Gasteiger partial charge is 0.481 e. The molecule has 0 atom stereocenters. The average Bonchev–Trinajstić information content (AvgIpc) is 2.24. The van der Waals surface area contributed by atoms with Crippen LogP contribution in [0.3, 0.4) is 0 Å². The van der Waals surface area contributed by atoms with E-state index in [9.17, 15) is 4.79 Å². The van der Waals surface area contributed by atoms with Crippen molar-refractivity contribution in [1.29, 1.82) is 0 Å². The van der Waals surface area contributed by atoms with Gasteiger partial charge < -0.3 is 5.11 Å². The topological polar surface area (TPSA) is 40.5 Å². The molecule has 0 amide bonds. The number of hydrogen-bond donors (Lipinski definition) is 1. The maximum atomic E-state index is 10.6. The highest BCUT2D eigenvalue weighted by Gasteiger charge is 2.19. The summed E-state index contributed by atoms with van der Waals surface area (Å²) in [6, 6.07) is 0.491. The molecule has 0 aromatic rings. The molecule has 0 aromatic heterocycles. The van der Waals surface area contributed by atoms with Gasteiger partial charge in [-0.15, -0.1) is 6.42 Å². The molecule has 1 N–H and O–H groups in total. The van der Waals surface area contributed by atoms with Crippen molar-refractivity contribution in [2.45, 2.75) is 57.4 Å². The Balaban J connectivity index is 2.47. The number of carbonyl (C=O) groups is 1. The Hall–Kier alpha value is -1.01. The van der Waals surface area contributed by atoms with E-state index in [0.717, 1.165) is 0 Å². The fourth-order valence-corrected chi connectivity index (χ4v) is 2.55. The highest BCUT2D eigenvalue weighted by Crippen LogP contribution is 2.21. The first-order valence-electron chi connectivity index (χ1n) is 6.63. The smallest absolute Gasteiger partial charge is 0.304 e. The molecule has 1 saturated carbocycles. The zero-order chi connectivity index (χ0) is 12.5. The molecule has 1 aliphatic carbocycles. The van der Waals surface area contributed by atoms with E-state index in [2.05, 4.69) is 10.8 Å². The zero-order valence-corrected chi connectivity index (χ0v) is 10.5. The van der Waals surface area contributed by atoms with E-state index in [1.165, 1.54) is 44.9 Å². The van der Waals surface area contributed by atoms with Gasteiger partial charge in [-0.2, -0.15) is 0 Å². The predicted molar refractivity (Wildman–Crippen MR) is 68.8 cm³/mol. The number of nitrogens with zero attached hydrogens (tertiary/aromatic N) is 1. The summed E-state index contributed by atoms with van der Waals surface area (Å²) >= 11 is 0. The molecule has 3 nitrogen and oxygen atoms in total. The van der Waals surface area contributed by atoms with E-state index in [1.807, 2.05) is 0 Å². The van der Waals surface area contributed by atoms with Gasteiger partial charge in [0.2, 0.25) is 0 Å². The second-order valence-electron chi connectivity index (χ2n) is 4.82. The Morgan fingerprint density at radius 3 is 2.35 bits per heavy atom. The van der Waals surface area contributed by atoms with Gasteiger partial charge >= 0.3 is 5.97 Å². The van der Waals surface area contributed by atoms with Crippen LogP contribution in [0.1, 0.15) is 51.4 Å². The monoisotopic (exact) mass is 237 g/mol. The molecule has 0 unspecified atom stereocenters. The van der Waals surface area contributed by atoms with Crippen LogP contribution in [-0.2, 0) is 4.79 Å². The maximum Gasteiger partial charge on any atom is 0.304 e. The molecular formula is C14H23NO2. The van der Waals surface area contributed by atoms with Crippen molar-refractivity contribution < 1.29 is 9.90 Å². The van der Waals surface area contributed by atoms with Crippen LogP contribution in [0.25, 0.3) is 0 Å². The molecule has 1 fully saturated rings. The molecule has 96 valence electrons. The van der Waals surface area contributed by atoms with Crippen molar-refractivity contribution in [3.8, 4) is 12.3 Å². The second-order valence-corrected chi connectivity index (χ2v) is 4.82. The fraction of sp³-hybridized carbons (Fsp3) is 0.786. The Kier molecular flexibility index (Phi) is 6.73. The van der Waals surface area contributed by atoms with Gasteiger partial charge in [-0.25, -0.2) is 0 Å². The quantitative estimate of drug-likeness (QED) is 0.747. The summed E-state index contributed by atoms with van der Waals surface area (Å²) < 4.78 is 0. The molecule has 3 heteroatoms. The second kappa shape index (κ2) is 8.14. The van der Waals surface area contributed by atoms with Gasteiger partial charge in [0.05, 0.1) is 13.0 Å². The lowest BCUT2D eigenvalue weighted by atomic mass is 9.95. The summed E-state index contributed by atoms with van der Waals surface area (Å²) in [6.45, 7) is 1.17. The van der Waals surface area contributed by atoms with Crippen LogP contribution in [0.4, 0.5) is 0 Å². The Morgan fingerprint density at radius 2 is 1.82 bits per heavy atom. The fourth-order valence-electron chi connectivity index (χ4n) is 2.55. The van der Waals surface area contributed by atoms with E-state index in [4.69, 9.17) is 11.5 Å². The van der Waals surface area contributed by atoms with E-state index in [-0.39, 0.29) is 6.42 Å². The van der Waals surface area contributed by atoms with Crippen LogP contribution in [0.15, 0.2) is 0 Å². The minimum absolute atomic E-state index is 0.193. The maximum absolute atomic E-state index is 10.6. The molecule has 17 heavy (non-hydrogen) atoms. The zero-order valence-electron chi connectivity index (χ0n) is 10.5. The number of carboxylic acid groups (broad SMARTS) is 1. The number of carboxylic acids is 1. The minimum Gasteiger partial charge on any atom is -0.481 e. The van der Waals surface area contributed by atoms with Gasteiger partial charge in [-0.05, 0) is 12.8 Å². The first-order chi connectivity index (χ1) is 8.24. The third-order valence-electron chi connectivity index (χ3n) is 3.50. The van der Waals surface area contributed by atoms with E-state index in [1.54, 1.807) is 0 Å². The van der Waals surface area contributed by atoms with Gasteiger partial charge in [0.25, 0.3) is 0 Å². The summed E-state index contributed by atoms with van der Waals surface area (Å²) in [5.74, 6) is 1.92. The van der Waals surface area contributed by atoms with Crippen LogP contribution in [-0.4, -0.2) is 35.1 Å². The van der Waals surface area contributed by atoms with Gasteiger partial charge in [0.15, 0.2) is 0 Å². The lowest BCUT2D eigenvalue weighted by molar-refractivity contribution is -0.137. The first kappa shape index (κ1) is 14.1. The Bertz CT molecular complexity index is 262. The molecule has 0 saturated heterocycles. The molecule has 0 aromatic carbocycles. The number of terminal acetylenes is 1. The first-order valence-corrected chi connectivity index (χ1v) is 6.63. The Morgan fingerprint density at radius 1 is 1.24 bits per heavy atom. The summed E-state index contributed by atoms with van der Waals surface area (Å²) in [6.07, 6.45) is 14.4. The molecular weight excluding hydrogens is 214 g/mol. The molecule has 0 bridgehead atoms. The van der Waals surface area contributed by atoms with Gasteiger partial charge in [0.1, 0.15) is 0 Å². The number of hydrogen-bond acceptors (Lipinski definition) is 2. The lowest BCUT2D eigenvalue weighted by Gasteiger charge is -2.31.